The molecule has 6 nitrogen and oxygen atoms in total. The number of aromatic nitrogens is 1. The highest BCUT2D eigenvalue weighted by Gasteiger charge is 2.12. The molecule has 0 bridgehead atoms. The highest BCUT2D eigenvalue weighted by atomic mass is 35.5. The first kappa shape index (κ1) is 20.5. The van der Waals surface area contributed by atoms with Gasteiger partial charge in [-0.1, -0.05) is 29.3 Å². The minimum Gasteiger partial charge on any atom is -0.504 e. The third-order valence-electron chi connectivity index (χ3n) is 4.06. The second-order valence-corrected chi connectivity index (χ2v) is 8.64. The molecule has 0 atom stereocenters. The molecule has 152 valence electrons. The van der Waals surface area contributed by atoms with Crippen LogP contribution >= 0.6 is 45.9 Å². The van der Waals surface area contributed by atoms with Gasteiger partial charge in [-0.2, -0.15) is 5.10 Å². The first-order chi connectivity index (χ1) is 14.4. The van der Waals surface area contributed by atoms with Gasteiger partial charge in [-0.25, -0.2) is 9.67 Å². The number of benzene rings is 2. The van der Waals surface area contributed by atoms with E-state index in [-0.39, 0.29) is 5.56 Å². The Morgan fingerprint density at radius 2 is 1.80 bits per heavy atom. The van der Waals surface area contributed by atoms with Crippen molar-refractivity contribution in [1.82, 2.24) is 4.68 Å². The van der Waals surface area contributed by atoms with Crippen LogP contribution in [-0.4, -0.2) is 26.2 Å². The van der Waals surface area contributed by atoms with Crippen LogP contribution < -0.4 is 4.80 Å². The summed E-state index contributed by atoms with van der Waals surface area (Å²) in [7, 11) is 0. The first-order valence-electron chi connectivity index (χ1n) is 8.46. The number of phenols is 3. The molecule has 0 saturated carbocycles. The van der Waals surface area contributed by atoms with Crippen molar-refractivity contribution in [2.24, 2.45) is 10.1 Å². The van der Waals surface area contributed by atoms with Gasteiger partial charge in [0.15, 0.2) is 11.5 Å². The van der Waals surface area contributed by atoms with E-state index < -0.39 is 17.2 Å². The zero-order chi connectivity index (χ0) is 21.3. The van der Waals surface area contributed by atoms with Crippen molar-refractivity contribution in [3.63, 3.8) is 0 Å². The van der Waals surface area contributed by atoms with E-state index in [0.29, 0.717) is 20.5 Å². The summed E-state index contributed by atoms with van der Waals surface area (Å²) < 4.78 is 1.62. The Kier molecular flexibility index (Phi) is 5.83. The molecule has 4 rings (SSSR count). The molecule has 2 aromatic heterocycles. The van der Waals surface area contributed by atoms with Gasteiger partial charge in [0.1, 0.15) is 0 Å². The minimum absolute atomic E-state index is 0.233. The fourth-order valence-electron chi connectivity index (χ4n) is 2.57. The van der Waals surface area contributed by atoms with E-state index in [0.717, 1.165) is 10.6 Å². The van der Waals surface area contributed by atoms with Crippen molar-refractivity contribution < 1.29 is 15.3 Å². The predicted octanol–water partition coefficient (Wildman–Crippen LogP) is 5.82. The summed E-state index contributed by atoms with van der Waals surface area (Å²) in [5, 5.41) is 38.6. The fourth-order valence-corrected chi connectivity index (χ4v) is 4.66. The van der Waals surface area contributed by atoms with E-state index in [1.807, 2.05) is 22.9 Å². The van der Waals surface area contributed by atoms with Crippen molar-refractivity contribution in [1.29, 1.82) is 0 Å². The van der Waals surface area contributed by atoms with Crippen LogP contribution in [0.4, 0.5) is 5.69 Å². The fraction of sp³-hybridized carbons (Fsp3) is 0. The third kappa shape index (κ3) is 4.08. The van der Waals surface area contributed by atoms with Crippen LogP contribution in [-0.2, 0) is 0 Å². The normalized spacial score (nSPS) is 12.1. The van der Waals surface area contributed by atoms with Gasteiger partial charge in [0, 0.05) is 16.0 Å². The number of hydrogen-bond donors (Lipinski definition) is 3. The van der Waals surface area contributed by atoms with Crippen molar-refractivity contribution in [3.05, 3.63) is 73.6 Å². The van der Waals surface area contributed by atoms with Gasteiger partial charge in [-0.05, 0) is 41.8 Å². The Labute approximate surface area is 188 Å². The van der Waals surface area contributed by atoms with Crippen LogP contribution in [0.5, 0.6) is 17.2 Å². The molecule has 30 heavy (non-hydrogen) atoms. The van der Waals surface area contributed by atoms with Crippen LogP contribution in [0.3, 0.4) is 0 Å². The average molecular weight is 478 g/mol. The standard InChI is InChI=1S/C20H13Cl2N3O3S2/c21-12-4-5-14(13(22)8-12)24-20-25(15(10-30-20)17-2-1-7-29-17)23-9-11-3-6-16(26)19(28)18(11)27/h1-10,26-28H. The number of thiophene rings is 1. The molecule has 2 heterocycles. The van der Waals surface area contributed by atoms with E-state index in [1.54, 1.807) is 34.2 Å². The van der Waals surface area contributed by atoms with E-state index >= 15 is 0 Å². The van der Waals surface area contributed by atoms with Gasteiger partial charge < -0.3 is 15.3 Å². The zero-order valence-electron chi connectivity index (χ0n) is 15.0. The SMILES string of the molecule is Oc1ccc(C=Nn2c(-c3cccs3)csc2=Nc2ccc(Cl)cc2Cl)c(O)c1O. The van der Waals surface area contributed by atoms with Crippen LogP contribution in [0.1, 0.15) is 5.56 Å². The molecule has 0 spiro atoms. The van der Waals surface area contributed by atoms with Gasteiger partial charge in [0.05, 0.1) is 27.5 Å². The van der Waals surface area contributed by atoms with Gasteiger partial charge in [-0.3, -0.25) is 0 Å². The molecule has 0 saturated heterocycles. The highest BCUT2D eigenvalue weighted by Crippen LogP contribution is 2.36. The second-order valence-electron chi connectivity index (χ2n) is 6.02. The Bertz CT molecular complexity index is 1310. The molecule has 0 aliphatic heterocycles. The summed E-state index contributed by atoms with van der Waals surface area (Å²) in [6, 6.07) is 11.6. The Hall–Kier alpha value is -2.78. The molecule has 4 aromatic rings. The van der Waals surface area contributed by atoms with Gasteiger partial charge in [0.25, 0.3) is 0 Å². The minimum atomic E-state index is -0.606. The summed E-state index contributed by atoms with van der Waals surface area (Å²) in [5.41, 5.74) is 1.57. The summed E-state index contributed by atoms with van der Waals surface area (Å²) in [4.78, 5) is 6.13. The molecular formula is C20H13Cl2N3O3S2. The van der Waals surface area contributed by atoms with Crippen molar-refractivity contribution in [3.8, 4) is 27.8 Å². The summed E-state index contributed by atoms with van der Waals surface area (Å²) in [5.74, 6) is -1.49. The van der Waals surface area contributed by atoms with E-state index in [1.165, 1.54) is 29.7 Å². The lowest BCUT2D eigenvalue weighted by Gasteiger charge is -2.05. The van der Waals surface area contributed by atoms with E-state index in [9.17, 15) is 15.3 Å². The highest BCUT2D eigenvalue weighted by molar-refractivity contribution is 7.14. The van der Waals surface area contributed by atoms with Crippen LogP contribution in [0.25, 0.3) is 10.6 Å². The molecule has 2 aromatic carbocycles. The molecule has 3 N–H and O–H groups in total. The molecule has 0 aliphatic rings. The Morgan fingerprint density at radius 3 is 2.53 bits per heavy atom. The van der Waals surface area contributed by atoms with Crippen molar-refractivity contribution in [2.75, 3.05) is 0 Å². The van der Waals surface area contributed by atoms with Crippen molar-refractivity contribution in [2.45, 2.75) is 0 Å². The predicted molar refractivity (Wildman–Crippen MR) is 122 cm³/mol. The lowest BCUT2D eigenvalue weighted by Crippen LogP contribution is -2.11. The zero-order valence-corrected chi connectivity index (χ0v) is 18.2. The van der Waals surface area contributed by atoms with Crippen LogP contribution in [0.15, 0.2) is 63.3 Å². The summed E-state index contributed by atoms with van der Waals surface area (Å²) in [6.07, 6.45) is 1.38. The topological polar surface area (TPSA) is 90.3 Å². The number of halogens is 2. The largest absolute Gasteiger partial charge is 0.504 e. The first-order valence-corrected chi connectivity index (χ1v) is 11.0. The Morgan fingerprint density at radius 1 is 0.967 bits per heavy atom. The molecule has 0 radical (unpaired) electrons. The molecule has 0 fully saturated rings. The van der Waals surface area contributed by atoms with E-state index in [4.69, 9.17) is 23.2 Å². The summed E-state index contributed by atoms with van der Waals surface area (Å²) >= 11 is 15.1. The molecule has 10 heteroatoms. The number of hydrogen-bond acceptors (Lipinski definition) is 7. The number of aromatic hydroxyl groups is 3. The smallest absolute Gasteiger partial charge is 0.211 e. The van der Waals surface area contributed by atoms with Gasteiger partial charge >= 0.3 is 0 Å². The molecule has 0 unspecified atom stereocenters. The maximum absolute atomic E-state index is 10.1. The molecular weight excluding hydrogens is 465 g/mol. The van der Waals surface area contributed by atoms with Gasteiger partial charge in [-0.15, -0.1) is 22.7 Å². The maximum atomic E-state index is 10.1. The number of rotatable bonds is 4. The number of nitrogens with zero attached hydrogens (tertiary/aromatic N) is 3. The van der Waals surface area contributed by atoms with Crippen LogP contribution in [0, 0.1) is 0 Å². The van der Waals surface area contributed by atoms with Gasteiger partial charge in [0.2, 0.25) is 10.6 Å². The molecule has 0 aliphatic carbocycles. The third-order valence-corrected chi connectivity index (χ3v) is 6.30. The quantitative estimate of drug-likeness (QED) is 0.255. The number of thiazole rings is 1. The Balaban J connectivity index is 1.86. The second kappa shape index (κ2) is 8.53. The lowest BCUT2D eigenvalue weighted by atomic mass is 10.2. The molecule has 0 amide bonds. The van der Waals surface area contributed by atoms with Crippen LogP contribution in [0.2, 0.25) is 10.0 Å². The van der Waals surface area contributed by atoms with Crippen molar-refractivity contribution >= 4 is 57.8 Å². The summed E-state index contributed by atoms with van der Waals surface area (Å²) in [6.45, 7) is 0. The maximum Gasteiger partial charge on any atom is 0.211 e. The number of phenolic OH excluding ortho intramolecular Hbond substituents is 3. The average Bonchev–Trinajstić information content (AvgIpc) is 3.38. The van der Waals surface area contributed by atoms with E-state index in [2.05, 4.69) is 10.1 Å². The monoisotopic (exact) mass is 477 g/mol. The lowest BCUT2D eigenvalue weighted by molar-refractivity contribution is 0.367.